The van der Waals surface area contributed by atoms with Gasteiger partial charge >= 0.3 is 5.97 Å². The molecule has 0 saturated heterocycles. The van der Waals surface area contributed by atoms with Crippen LogP contribution in [0.1, 0.15) is 28.4 Å². The summed E-state index contributed by atoms with van der Waals surface area (Å²) in [5.41, 5.74) is 4.68. The highest BCUT2D eigenvalue weighted by molar-refractivity contribution is 5.94. The van der Waals surface area contributed by atoms with E-state index in [0.29, 0.717) is 36.3 Å². The molecule has 1 heterocycles. The minimum atomic E-state index is -0.849. The molecule has 4 rings (SSSR count). The maximum Gasteiger partial charge on any atom is 0.338 e. The van der Waals surface area contributed by atoms with E-state index in [1.807, 2.05) is 34.9 Å². The van der Waals surface area contributed by atoms with Crippen LogP contribution in [0.4, 0.5) is 8.78 Å². The number of hydrogen-bond acceptors (Lipinski definition) is 4. The lowest BCUT2D eigenvalue weighted by molar-refractivity contribution is 0.0526. The molecular weight excluding hydrogens is 400 g/mol. The van der Waals surface area contributed by atoms with E-state index < -0.39 is 11.6 Å². The number of fused-ring (bicyclic) bond motifs is 1. The molecule has 0 atom stereocenters. The lowest BCUT2D eigenvalue weighted by atomic mass is 10.1. The van der Waals surface area contributed by atoms with Gasteiger partial charge in [0.05, 0.1) is 23.2 Å². The zero-order chi connectivity index (χ0) is 21.8. The van der Waals surface area contributed by atoms with Crippen molar-refractivity contribution >= 4 is 17.0 Å². The van der Waals surface area contributed by atoms with E-state index in [2.05, 4.69) is 10.3 Å². The second-order valence-corrected chi connectivity index (χ2v) is 7.06. The third-order valence-corrected chi connectivity index (χ3v) is 4.89. The van der Waals surface area contributed by atoms with E-state index in [-0.39, 0.29) is 5.97 Å². The predicted molar refractivity (Wildman–Crippen MR) is 114 cm³/mol. The fourth-order valence-corrected chi connectivity index (χ4v) is 3.38. The third-order valence-electron chi connectivity index (χ3n) is 4.89. The standard InChI is InChI=1S/C24H21F2N3O2/c1-2-31-24(30)18-7-9-23-22(12-18)28-15-29(23)19-5-3-4-16(10-19)13-27-14-17-6-8-20(25)21(26)11-17/h3-12,15,27H,2,13-14H2,1H3. The molecular formula is C24H21F2N3O2. The summed E-state index contributed by atoms with van der Waals surface area (Å²) in [6.45, 7) is 3.08. The van der Waals surface area contributed by atoms with Gasteiger partial charge in [-0.2, -0.15) is 0 Å². The lowest BCUT2D eigenvalue weighted by Crippen LogP contribution is -2.13. The van der Waals surface area contributed by atoms with Gasteiger partial charge in [0.15, 0.2) is 11.6 Å². The van der Waals surface area contributed by atoms with Crippen molar-refractivity contribution in [1.29, 1.82) is 0 Å². The minimum absolute atomic E-state index is 0.322. The summed E-state index contributed by atoms with van der Waals surface area (Å²) in [5.74, 6) is -2.06. The molecule has 0 bridgehead atoms. The summed E-state index contributed by atoms with van der Waals surface area (Å²) in [6.07, 6.45) is 1.72. The first-order valence-electron chi connectivity index (χ1n) is 9.93. The summed E-state index contributed by atoms with van der Waals surface area (Å²) in [7, 11) is 0. The van der Waals surface area contributed by atoms with Crippen molar-refractivity contribution in [3.63, 3.8) is 0 Å². The molecule has 0 amide bonds. The molecule has 4 aromatic rings. The summed E-state index contributed by atoms with van der Waals surface area (Å²) in [4.78, 5) is 16.4. The van der Waals surface area contributed by atoms with E-state index in [4.69, 9.17) is 4.74 Å². The second kappa shape index (κ2) is 9.06. The molecule has 0 aliphatic heterocycles. The molecule has 0 spiro atoms. The first kappa shape index (κ1) is 20.7. The van der Waals surface area contributed by atoms with Gasteiger partial charge in [0, 0.05) is 18.8 Å². The maximum atomic E-state index is 13.3. The highest BCUT2D eigenvalue weighted by Crippen LogP contribution is 2.21. The Morgan fingerprint density at radius 2 is 1.81 bits per heavy atom. The smallest absolute Gasteiger partial charge is 0.338 e. The Morgan fingerprint density at radius 1 is 1.00 bits per heavy atom. The van der Waals surface area contributed by atoms with Crippen molar-refractivity contribution in [3.8, 4) is 5.69 Å². The fourth-order valence-electron chi connectivity index (χ4n) is 3.38. The number of ether oxygens (including phenoxy) is 1. The normalized spacial score (nSPS) is 11.1. The Bertz CT molecular complexity index is 1240. The highest BCUT2D eigenvalue weighted by atomic mass is 19.2. The van der Waals surface area contributed by atoms with Crippen molar-refractivity contribution in [2.24, 2.45) is 0 Å². The number of carbonyl (C=O) groups excluding carboxylic acids is 1. The number of aromatic nitrogens is 2. The van der Waals surface area contributed by atoms with Gasteiger partial charge < -0.3 is 10.1 Å². The summed E-state index contributed by atoms with van der Waals surface area (Å²) in [6, 6.07) is 17.1. The van der Waals surface area contributed by atoms with Gasteiger partial charge in [0.1, 0.15) is 6.33 Å². The molecule has 31 heavy (non-hydrogen) atoms. The number of hydrogen-bond donors (Lipinski definition) is 1. The SMILES string of the molecule is CCOC(=O)c1ccc2c(c1)ncn2-c1cccc(CNCc2ccc(F)c(F)c2)c1. The average Bonchev–Trinajstić information content (AvgIpc) is 3.20. The zero-order valence-electron chi connectivity index (χ0n) is 16.9. The fraction of sp³-hybridized carbons (Fsp3) is 0.167. The first-order chi connectivity index (χ1) is 15.0. The van der Waals surface area contributed by atoms with Crippen LogP contribution in [0, 0.1) is 11.6 Å². The van der Waals surface area contributed by atoms with Crippen LogP contribution in [0.2, 0.25) is 0 Å². The van der Waals surface area contributed by atoms with Crippen LogP contribution in [0.15, 0.2) is 67.0 Å². The zero-order valence-corrected chi connectivity index (χ0v) is 16.9. The van der Waals surface area contributed by atoms with Gasteiger partial charge in [-0.15, -0.1) is 0 Å². The monoisotopic (exact) mass is 421 g/mol. The van der Waals surface area contributed by atoms with Crippen LogP contribution >= 0.6 is 0 Å². The second-order valence-electron chi connectivity index (χ2n) is 7.06. The van der Waals surface area contributed by atoms with Gasteiger partial charge in [0.25, 0.3) is 0 Å². The van der Waals surface area contributed by atoms with E-state index in [1.54, 1.807) is 31.5 Å². The Balaban J connectivity index is 1.49. The average molecular weight is 421 g/mol. The Labute approximate surface area is 178 Å². The number of imidazole rings is 1. The first-order valence-corrected chi connectivity index (χ1v) is 9.93. The Hall–Kier alpha value is -3.58. The van der Waals surface area contributed by atoms with Crippen LogP contribution in [0.3, 0.4) is 0 Å². The van der Waals surface area contributed by atoms with Crippen LogP contribution in [0.5, 0.6) is 0 Å². The predicted octanol–water partition coefficient (Wildman–Crippen LogP) is 4.77. The maximum absolute atomic E-state index is 13.3. The molecule has 7 heteroatoms. The largest absolute Gasteiger partial charge is 0.462 e. The lowest BCUT2D eigenvalue weighted by Gasteiger charge is -2.09. The molecule has 1 aromatic heterocycles. The van der Waals surface area contributed by atoms with Crippen molar-refractivity contribution in [1.82, 2.24) is 14.9 Å². The van der Waals surface area contributed by atoms with Crippen molar-refractivity contribution in [2.45, 2.75) is 20.0 Å². The number of esters is 1. The summed E-state index contributed by atoms with van der Waals surface area (Å²) < 4.78 is 33.4. The molecule has 0 unspecified atom stereocenters. The van der Waals surface area contributed by atoms with Gasteiger partial charge in [-0.3, -0.25) is 4.57 Å². The van der Waals surface area contributed by atoms with Crippen molar-refractivity contribution in [2.75, 3.05) is 6.61 Å². The molecule has 0 saturated carbocycles. The molecule has 0 aliphatic carbocycles. The quantitative estimate of drug-likeness (QED) is 0.437. The van der Waals surface area contributed by atoms with Crippen molar-refractivity contribution < 1.29 is 18.3 Å². The van der Waals surface area contributed by atoms with E-state index >= 15 is 0 Å². The van der Waals surface area contributed by atoms with Crippen LogP contribution in [0.25, 0.3) is 16.7 Å². The van der Waals surface area contributed by atoms with E-state index in [1.165, 1.54) is 6.07 Å². The van der Waals surface area contributed by atoms with Gasteiger partial charge in [0.2, 0.25) is 0 Å². The van der Waals surface area contributed by atoms with Crippen LogP contribution in [-0.2, 0) is 17.8 Å². The highest BCUT2D eigenvalue weighted by Gasteiger charge is 2.11. The number of nitrogens with one attached hydrogen (secondary N) is 1. The number of benzene rings is 3. The molecule has 5 nitrogen and oxygen atoms in total. The summed E-state index contributed by atoms with van der Waals surface area (Å²) in [5, 5.41) is 3.24. The van der Waals surface area contributed by atoms with Crippen molar-refractivity contribution in [3.05, 3.63) is 95.3 Å². The summed E-state index contributed by atoms with van der Waals surface area (Å²) >= 11 is 0. The molecule has 158 valence electrons. The third kappa shape index (κ3) is 4.62. The molecule has 0 aliphatic rings. The van der Waals surface area contributed by atoms with Crippen LogP contribution in [-0.4, -0.2) is 22.1 Å². The van der Waals surface area contributed by atoms with Crippen LogP contribution < -0.4 is 5.32 Å². The number of nitrogens with zero attached hydrogens (tertiary/aromatic N) is 2. The number of carbonyl (C=O) groups is 1. The Kier molecular flexibility index (Phi) is 6.04. The minimum Gasteiger partial charge on any atom is -0.462 e. The molecule has 1 N–H and O–H groups in total. The van der Waals surface area contributed by atoms with E-state index in [9.17, 15) is 13.6 Å². The molecule has 0 radical (unpaired) electrons. The Morgan fingerprint density at radius 3 is 2.58 bits per heavy atom. The van der Waals surface area contributed by atoms with Gasteiger partial charge in [-0.25, -0.2) is 18.6 Å². The molecule has 0 fully saturated rings. The number of halogens is 2. The van der Waals surface area contributed by atoms with Gasteiger partial charge in [-0.05, 0) is 60.5 Å². The number of rotatable bonds is 7. The topological polar surface area (TPSA) is 56.1 Å². The van der Waals surface area contributed by atoms with Gasteiger partial charge in [-0.1, -0.05) is 18.2 Å². The van der Waals surface area contributed by atoms with E-state index in [0.717, 1.165) is 22.8 Å². The molecule has 3 aromatic carbocycles.